The van der Waals surface area contributed by atoms with Gasteiger partial charge in [-0.3, -0.25) is 9.59 Å². The first-order chi connectivity index (χ1) is 15.1. The maximum atomic E-state index is 12.9. The van der Waals surface area contributed by atoms with Crippen molar-refractivity contribution in [3.8, 4) is 0 Å². The van der Waals surface area contributed by atoms with Crippen LogP contribution in [0.25, 0.3) is 0 Å². The molecule has 174 valence electrons. The Morgan fingerprint density at radius 3 is 2.50 bits per heavy atom. The fourth-order valence-electron chi connectivity index (χ4n) is 5.30. The van der Waals surface area contributed by atoms with Crippen LogP contribution in [-0.2, 0) is 19.6 Å². The number of rotatable bonds is 6. The third-order valence-corrected chi connectivity index (χ3v) is 9.11. The smallest absolute Gasteiger partial charge is 0.253 e. The molecule has 1 aliphatic carbocycles. The Morgan fingerprint density at radius 1 is 1.22 bits per heavy atom. The molecular formula is C21H25Cl2N3O5S. The number of ether oxygens (including phenoxy) is 1. The number of fused-ring (bicyclic) bond motifs is 2. The zero-order valence-corrected chi connectivity index (χ0v) is 19.7. The number of nitrogens with zero attached hydrogens (tertiary/aromatic N) is 1. The summed E-state index contributed by atoms with van der Waals surface area (Å²) in [5, 5.41) is 8.11. The van der Waals surface area contributed by atoms with Gasteiger partial charge in [-0.25, -0.2) is 13.6 Å². The number of primary sulfonamides is 1. The molecule has 0 spiro atoms. The van der Waals surface area contributed by atoms with Gasteiger partial charge >= 0.3 is 0 Å². The van der Waals surface area contributed by atoms with E-state index in [2.05, 4.69) is 5.32 Å². The Balaban J connectivity index is 1.20. The number of benzene rings is 1. The molecule has 1 aromatic carbocycles. The standard InChI is InChI=1S/C21H25Cl2N3O5S/c22-16-8-14(32(24,29)30)7-15(19(16)23)20(28)25-21(3-4-21)12-9-26(10-12)18(27)6-11-5-13-1-2-17(11)31-13/h7-8,11-13,17H,1-6,9-10H2,(H,25,28)(H2,24,29,30). The number of likely N-dealkylation sites (tertiary alicyclic amines) is 1. The van der Waals surface area contributed by atoms with Crippen molar-refractivity contribution in [1.29, 1.82) is 0 Å². The van der Waals surface area contributed by atoms with Crippen LogP contribution in [0.15, 0.2) is 17.0 Å². The normalized spacial score (nSPS) is 28.5. The minimum absolute atomic E-state index is 0.0224. The van der Waals surface area contributed by atoms with Gasteiger partial charge in [-0.05, 0) is 50.2 Å². The fraction of sp³-hybridized carbons (Fsp3) is 0.619. The van der Waals surface area contributed by atoms with Gasteiger partial charge in [0.15, 0.2) is 0 Å². The second kappa shape index (κ2) is 7.84. The molecule has 8 nitrogen and oxygen atoms in total. The Morgan fingerprint density at radius 2 is 1.94 bits per heavy atom. The molecule has 4 aliphatic rings. The number of hydrogen-bond donors (Lipinski definition) is 2. The van der Waals surface area contributed by atoms with Crippen molar-refractivity contribution in [3.63, 3.8) is 0 Å². The van der Waals surface area contributed by atoms with Gasteiger partial charge < -0.3 is 15.0 Å². The molecule has 1 aromatic rings. The molecule has 3 heterocycles. The quantitative estimate of drug-likeness (QED) is 0.619. The maximum absolute atomic E-state index is 12.9. The largest absolute Gasteiger partial charge is 0.375 e. The van der Waals surface area contributed by atoms with Gasteiger partial charge in [-0.15, -0.1) is 0 Å². The molecule has 4 fully saturated rings. The van der Waals surface area contributed by atoms with E-state index < -0.39 is 21.5 Å². The molecule has 1 saturated carbocycles. The van der Waals surface area contributed by atoms with Crippen LogP contribution < -0.4 is 10.5 Å². The van der Waals surface area contributed by atoms with E-state index in [1.165, 1.54) is 0 Å². The monoisotopic (exact) mass is 501 g/mol. The second-order valence-corrected chi connectivity index (χ2v) is 11.8. The molecule has 5 rings (SSSR count). The Bertz CT molecular complexity index is 1090. The SMILES string of the molecule is NS(=O)(=O)c1cc(Cl)c(Cl)c(C(=O)NC2(C3CN(C(=O)CC4CC5CCC4O5)C3)CC2)c1. The summed E-state index contributed by atoms with van der Waals surface area (Å²) >= 11 is 12.2. The molecule has 3 unspecified atom stereocenters. The first-order valence-electron chi connectivity index (χ1n) is 10.8. The molecule has 11 heteroatoms. The lowest BCUT2D eigenvalue weighted by Crippen LogP contribution is -2.60. The molecular weight excluding hydrogens is 477 g/mol. The molecule has 0 aromatic heterocycles. The van der Waals surface area contributed by atoms with E-state index in [4.69, 9.17) is 33.1 Å². The highest BCUT2D eigenvalue weighted by Crippen LogP contribution is 2.47. The van der Waals surface area contributed by atoms with E-state index in [1.807, 2.05) is 4.90 Å². The first-order valence-corrected chi connectivity index (χ1v) is 13.1. The summed E-state index contributed by atoms with van der Waals surface area (Å²) in [4.78, 5) is 27.2. The molecule has 32 heavy (non-hydrogen) atoms. The lowest BCUT2D eigenvalue weighted by molar-refractivity contribution is -0.140. The predicted octanol–water partition coefficient (Wildman–Crippen LogP) is 2.32. The summed E-state index contributed by atoms with van der Waals surface area (Å²) in [6.07, 6.45) is 5.84. The van der Waals surface area contributed by atoms with E-state index in [0.717, 1.165) is 44.2 Å². The summed E-state index contributed by atoms with van der Waals surface area (Å²) < 4.78 is 29.2. The average molecular weight is 502 g/mol. The van der Waals surface area contributed by atoms with Gasteiger partial charge in [0.05, 0.1) is 32.7 Å². The molecule has 3 N–H and O–H groups in total. The number of amides is 2. The number of hydrogen-bond acceptors (Lipinski definition) is 5. The van der Waals surface area contributed by atoms with Gasteiger partial charge in [0.2, 0.25) is 15.9 Å². The van der Waals surface area contributed by atoms with Crippen molar-refractivity contribution >= 4 is 45.0 Å². The highest BCUT2D eigenvalue weighted by molar-refractivity contribution is 7.89. The Hall–Kier alpha value is -1.39. The van der Waals surface area contributed by atoms with Crippen LogP contribution >= 0.6 is 23.2 Å². The van der Waals surface area contributed by atoms with E-state index >= 15 is 0 Å². The minimum atomic E-state index is -4.04. The van der Waals surface area contributed by atoms with Crippen molar-refractivity contribution in [2.75, 3.05) is 13.1 Å². The topological polar surface area (TPSA) is 119 Å². The van der Waals surface area contributed by atoms with Crippen molar-refractivity contribution in [2.45, 2.75) is 61.2 Å². The first kappa shape index (κ1) is 22.4. The second-order valence-electron chi connectivity index (χ2n) is 9.49. The molecule has 3 saturated heterocycles. The average Bonchev–Trinajstić information content (AvgIpc) is 3.12. The number of halogens is 2. The van der Waals surface area contributed by atoms with Crippen molar-refractivity contribution in [3.05, 3.63) is 27.7 Å². The summed E-state index contributed by atoms with van der Waals surface area (Å²) in [6.45, 7) is 1.21. The third-order valence-electron chi connectivity index (χ3n) is 7.41. The van der Waals surface area contributed by atoms with E-state index in [0.29, 0.717) is 31.5 Å². The van der Waals surface area contributed by atoms with E-state index in [9.17, 15) is 18.0 Å². The van der Waals surface area contributed by atoms with Gasteiger partial charge in [0.25, 0.3) is 5.91 Å². The molecule has 0 radical (unpaired) electrons. The van der Waals surface area contributed by atoms with Gasteiger partial charge in [-0.1, -0.05) is 23.2 Å². The summed E-state index contributed by atoms with van der Waals surface area (Å²) in [5.41, 5.74) is -0.436. The zero-order chi connectivity index (χ0) is 22.8. The van der Waals surface area contributed by atoms with Crippen molar-refractivity contribution in [1.82, 2.24) is 10.2 Å². The lowest BCUT2D eigenvalue weighted by Gasteiger charge is -2.44. The van der Waals surface area contributed by atoms with Crippen LogP contribution in [0.4, 0.5) is 0 Å². The maximum Gasteiger partial charge on any atom is 0.253 e. The highest BCUT2D eigenvalue weighted by Gasteiger charge is 2.55. The van der Waals surface area contributed by atoms with Crippen LogP contribution in [0, 0.1) is 11.8 Å². The zero-order valence-electron chi connectivity index (χ0n) is 17.4. The molecule has 3 aliphatic heterocycles. The minimum Gasteiger partial charge on any atom is -0.375 e. The Labute approximate surface area is 196 Å². The molecule has 3 atom stereocenters. The Kier molecular flexibility index (Phi) is 5.49. The summed E-state index contributed by atoms with van der Waals surface area (Å²) in [6, 6.07) is 2.27. The van der Waals surface area contributed by atoms with Crippen LogP contribution in [0.3, 0.4) is 0 Å². The third kappa shape index (κ3) is 4.03. The van der Waals surface area contributed by atoms with Crippen molar-refractivity contribution in [2.24, 2.45) is 17.0 Å². The van der Waals surface area contributed by atoms with Gasteiger partial charge in [-0.2, -0.15) is 0 Å². The number of nitrogens with one attached hydrogen (secondary N) is 1. The molecule has 2 amide bonds. The van der Waals surface area contributed by atoms with Gasteiger partial charge in [0, 0.05) is 31.0 Å². The van der Waals surface area contributed by atoms with Crippen LogP contribution in [-0.4, -0.2) is 56.0 Å². The number of carbonyl (C=O) groups is 2. The van der Waals surface area contributed by atoms with Gasteiger partial charge in [0.1, 0.15) is 0 Å². The van der Waals surface area contributed by atoms with Crippen LogP contribution in [0.2, 0.25) is 10.0 Å². The van der Waals surface area contributed by atoms with E-state index in [-0.39, 0.29) is 38.4 Å². The number of sulfonamides is 1. The highest BCUT2D eigenvalue weighted by atomic mass is 35.5. The van der Waals surface area contributed by atoms with Crippen LogP contribution in [0.1, 0.15) is 48.9 Å². The summed E-state index contributed by atoms with van der Waals surface area (Å²) in [7, 11) is -4.04. The number of nitrogens with two attached hydrogens (primary N) is 1. The fourth-order valence-corrected chi connectivity index (χ4v) is 6.34. The summed E-state index contributed by atoms with van der Waals surface area (Å²) in [5.74, 6) is 0.138. The lowest BCUT2D eigenvalue weighted by atomic mass is 9.84. The molecule has 2 bridgehead atoms. The van der Waals surface area contributed by atoms with Crippen LogP contribution in [0.5, 0.6) is 0 Å². The number of carbonyl (C=O) groups excluding carboxylic acids is 2. The van der Waals surface area contributed by atoms with Crippen molar-refractivity contribution < 1.29 is 22.7 Å². The van der Waals surface area contributed by atoms with E-state index in [1.54, 1.807) is 0 Å². The predicted molar refractivity (Wildman–Crippen MR) is 118 cm³/mol.